The number of hydrogen-bond acceptors (Lipinski definition) is 8. The number of rotatable bonds is 11. The minimum Gasteiger partial charge on any atom is -0.491 e. The van der Waals surface area contributed by atoms with Crippen LogP contribution in [-0.2, 0) is 15.6 Å². The van der Waals surface area contributed by atoms with Gasteiger partial charge in [0.25, 0.3) is 5.91 Å². The van der Waals surface area contributed by atoms with Crippen molar-refractivity contribution in [2.24, 2.45) is 0 Å². The molecule has 5 N–H and O–H groups in total. The number of aliphatic hydroxyl groups excluding tert-OH is 1. The van der Waals surface area contributed by atoms with E-state index in [1.807, 2.05) is 18.2 Å². The molecule has 11 heteroatoms. The number of fused-ring (bicyclic) bond motifs is 1. The zero-order chi connectivity index (χ0) is 25.5. The van der Waals surface area contributed by atoms with Crippen LogP contribution in [0.4, 0.5) is 5.69 Å². The number of nitrogen functional groups attached to an aromatic ring is 1. The summed E-state index contributed by atoms with van der Waals surface area (Å²) >= 11 is 1.75. The maximum Gasteiger partial charge on any atom is 0.267 e. The molecule has 0 bridgehead atoms. The molecule has 1 atom stereocenters. The van der Waals surface area contributed by atoms with Crippen molar-refractivity contribution in [2.45, 2.75) is 11.0 Å². The summed E-state index contributed by atoms with van der Waals surface area (Å²) in [6, 6.07) is 15.3. The molecule has 3 aromatic rings. The zero-order valence-electron chi connectivity index (χ0n) is 20.0. The standard InChI is InChI=1S/C25H32N4O5S2/c26-22-14-20(34-9-8-30)12-19-13-23(28-24(19)22)25(31)27-15-21(35-17-18-4-2-1-3-5-18)16-29-6-10-36(32,33)11-7-29/h1-5,12-14,21,28,30H,6-11,15-17,26H2,(H,27,31). The number of anilines is 1. The molecule has 4 rings (SSSR count). The molecular weight excluding hydrogens is 500 g/mol. The fourth-order valence-electron chi connectivity index (χ4n) is 4.10. The fourth-order valence-corrected chi connectivity index (χ4v) is 6.51. The molecule has 0 aliphatic carbocycles. The quantitative estimate of drug-likeness (QED) is 0.275. The fraction of sp³-hybridized carbons (Fsp3) is 0.400. The van der Waals surface area contributed by atoms with Crippen LogP contribution in [0.3, 0.4) is 0 Å². The number of aliphatic hydroxyl groups is 1. The summed E-state index contributed by atoms with van der Waals surface area (Å²) < 4.78 is 29.1. The third kappa shape index (κ3) is 7.16. The Morgan fingerprint density at radius 2 is 1.94 bits per heavy atom. The molecule has 9 nitrogen and oxygen atoms in total. The molecule has 2 heterocycles. The van der Waals surface area contributed by atoms with Crippen LogP contribution in [0.2, 0.25) is 0 Å². The Balaban J connectivity index is 1.41. The smallest absolute Gasteiger partial charge is 0.267 e. The van der Waals surface area contributed by atoms with Gasteiger partial charge in [0.1, 0.15) is 18.1 Å². The van der Waals surface area contributed by atoms with Crippen LogP contribution in [-0.4, -0.2) is 85.5 Å². The number of ether oxygens (including phenoxy) is 1. The second-order valence-corrected chi connectivity index (χ2v) is 12.4. The predicted octanol–water partition coefficient (Wildman–Crippen LogP) is 1.88. The lowest BCUT2D eigenvalue weighted by Gasteiger charge is -2.30. The highest BCUT2D eigenvalue weighted by Gasteiger charge is 2.24. The van der Waals surface area contributed by atoms with Gasteiger partial charge in [-0.3, -0.25) is 4.79 Å². The van der Waals surface area contributed by atoms with Gasteiger partial charge in [-0.1, -0.05) is 30.3 Å². The van der Waals surface area contributed by atoms with Gasteiger partial charge in [-0.15, -0.1) is 0 Å². The average Bonchev–Trinajstić information content (AvgIpc) is 3.31. The van der Waals surface area contributed by atoms with Crippen molar-refractivity contribution < 1.29 is 23.1 Å². The number of sulfone groups is 1. The number of H-pyrrole nitrogens is 1. The summed E-state index contributed by atoms with van der Waals surface area (Å²) in [7, 11) is -2.95. The Morgan fingerprint density at radius 1 is 1.19 bits per heavy atom. The summed E-state index contributed by atoms with van der Waals surface area (Å²) in [5, 5.41) is 12.8. The molecule has 1 aliphatic rings. The number of benzene rings is 2. The first-order valence-electron chi connectivity index (χ1n) is 11.9. The minimum atomic E-state index is -2.95. The first-order valence-corrected chi connectivity index (χ1v) is 14.7. The van der Waals surface area contributed by atoms with Gasteiger partial charge in [0.2, 0.25) is 0 Å². The summed E-state index contributed by atoms with van der Waals surface area (Å²) in [5.41, 5.74) is 8.83. The summed E-state index contributed by atoms with van der Waals surface area (Å²) in [6.07, 6.45) is 0. The third-order valence-electron chi connectivity index (χ3n) is 6.05. The van der Waals surface area contributed by atoms with Gasteiger partial charge < -0.3 is 30.8 Å². The number of hydrogen-bond donors (Lipinski definition) is 4. The van der Waals surface area contributed by atoms with Crippen LogP contribution in [0.1, 0.15) is 16.1 Å². The molecule has 1 unspecified atom stereocenters. The molecule has 36 heavy (non-hydrogen) atoms. The molecule has 1 amide bonds. The Morgan fingerprint density at radius 3 is 2.67 bits per heavy atom. The molecule has 1 fully saturated rings. The van der Waals surface area contributed by atoms with Crippen molar-refractivity contribution in [1.82, 2.24) is 15.2 Å². The van der Waals surface area contributed by atoms with Crippen molar-refractivity contribution in [2.75, 3.05) is 56.6 Å². The summed E-state index contributed by atoms with van der Waals surface area (Å²) in [6.45, 7) is 2.22. The van der Waals surface area contributed by atoms with E-state index in [4.69, 9.17) is 15.6 Å². The Labute approximate surface area is 215 Å². The van der Waals surface area contributed by atoms with Gasteiger partial charge in [0.05, 0.1) is 29.3 Å². The van der Waals surface area contributed by atoms with E-state index in [1.54, 1.807) is 30.0 Å². The molecule has 0 spiro atoms. The van der Waals surface area contributed by atoms with Gasteiger partial charge in [-0.2, -0.15) is 11.8 Å². The van der Waals surface area contributed by atoms with E-state index in [-0.39, 0.29) is 35.9 Å². The van der Waals surface area contributed by atoms with E-state index >= 15 is 0 Å². The number of carbonyl (C=O) groups excluding carboxylic acids is 1. The van der Waals surface area contributed by atoms with Crippen molar-refractivity contribution in [1.29, 1.82) is 0 Å². The van der Waals surface area contributed by atoms with Crippen molar-refractivity contribution in [3.05, 3.63) is 59.8 Å². The normalized spacial score (nSPS) is 16.6. The van der Waals surface area contributed by atoms with Gasteiger partial charge in [0.15, 0.2) is 9.84 Å². The first kappa shape index (κ1) is 26.3. The molecular formula is C25H32N4O5S2. The maximum absolute atomic E-state index is 13.0. The Hall–Kier alpha value is -2.73. The molecule has 2 aromatic carbocycles. The number of carbonyl (C=O) groups is 1. The predicted molar refractivity (Wildman–Crippen MR) is 144 cm³/mol. The largest absolute Gasteiger partial charge is 0.491 e. The van der Waals surface area contributed by atoms with Crippen LogP contribution in [0.5, 0.6) is 5.75 Å². The van der Waals surface area contributed by atoms with E-state index in [0.717, 1.165) is 11.1 Å². The summed E-state index contributed by atoms with van der Waals surface area (Å²) in [5.74, 6) is 1.44. The topological polar surface area (TPSA) is 138 Å². The first-order chi connectivity index (χ1) is 17.3. The Bertz CT molecular complexity index is 1270. The van der Waals surface area contributed by atoms with Gasteiger partial charge >= 0.3 is 0 Å². The number of thioether (sulfide) groups is 1. The average molecular weight is 533 g/mol. The highest BCUT2D eigenvalue weighted by atomic mass is 32.2. The van der Waals surface area contributed by atoms with Crippen LogP contribution < -0.4 is 15.8 Å². The second-order valence-electron chi connectivity index (χ2n) is 8.81. The van der Waals surface area contributed by atoms with Crippen molar-refractivity contribution >= 4 is 44.1 Å². The maximum atomic E-state index is 13.0. The SMILES string of the molecule is Nc1cc(OCCO)cc2cc(C(=O)NCC(CN3CCS(=O)(=O)CC3)SCc3ccccc3)[nH]c12. The molecule has 1 saturated heterocycles. The highest BCUT2D eigenvalue weighted by Crippen LogP contribution is 2.28. The van der Waals surface area contributed by atoms with E-state index in [2.05, 4.69) is 27.3 Å². The number of nitrogens with one attached hydrogen (secondary N) is 2. The monoisotopic (exact) mass is 532 g/mol. The lowest BCUT2D eigenvalue weighted by Crippen LogP contribution is -2.45. The Kier molecular flexibility index (Phi) is 8.78. The molecule has 194 valence electrons. The second kappa shape index (κ2) is 12.0. The van der Waals surface area contributed by atoms with E-state index in [0.29, 0.717) is 48.8 Å². The highest BCUT2D eigenvalue weighted by molar-refractivity contribution is 7.99. The van der Waals surface area contributed by atoms with E-state index < -0.39 is 9.84 Å². The van der Waals surface area contributed by atoms with Crippen molar-refractivity contribution in [3.63, 3.8) is 0 Å². The van der Waals surface area contributed by atoms with Gasteiger partial charge in [0, 0.05) is 48.6 Å². The number of aromatic amines is 1. The molecule has 0 saturated carbocycles. The third-order valence-corrected chi connectivity index (χ3v) is 8.95. The number of nitrogens with zero attached hydrogens (tertiary/aromatic N) is 1. The van der Waals surface area contributed by atoms with Crippen LogP contribution in [0.25, 0.3) is 10.9 Å². The lowest BCUT2D eigenvalue weighted by atomic mass is 10.2. The van der Waals surface area contributed by atoms with E-state index in [9.17, 15) is 13.2 Å². The number of aromatic nitrogens is 1. The number of nitrogens with two attached hydrogens (primary N) is 1. The molecule has 0 radical (unpaired) electrons. The molecule has 1 aromatic heterocycles. The van der Waals surface area contributed by atoms with E-state index in [1.165, 1.54) is 5.56 Å². The van der Waals surface area contributed by atoms with Crippen LogP contribution in [0, 0.1) is 0 Å². The van der Waals surface area contributed by atoms with Crippen LogP contribution >= 0.6 is 11.8 Å². The number of amides is 1. The van der Waals surface area contributed by atoms with Crippen molar-refractivity contribution in [3.8, 4) is 5.75 Å². The van der Waals surface area contributed by atoms with Gasteiger partial charge in [-0.25, -0.2) is 8.42 Å². The lowest BCUT2D eigenvalue weighted by molar-refractivity contribution is 0.0948. The zero-order valence-corrected chi connectivity index (χ0v) is 21.6. The van der Waals surface area contributed by atoms with Crippen LogP contribution in [0.15, 0.2) is 48.5 Å². The molecule has 1 aliphatic heterocycles. The minimum absolute atomic E-state index is 0.0860. The summed E-state index contributed by atoms with van der Waals surface area (Å²) in [4.78, 5) is 18.2. The van der Waals surface area contributed by atoms with Gasteiger partial charge in [-0.05, 0) is 17.7 Å².